The van der Waals surface area contributed by atoms with E-state index < -0.39 is 10.0 Å². The van der Waals surface area contributed by atoms with E-state index in [9.17, 15) is 13.2 Å². The van der Waals surface area contributed by atoms with Crippen molar-refractivity contribution in [2.75, 3.05) is 18.1 Å². The lowest BCUT2D eigenvalue weighted by atomic mass is 9.98. The molecule has 3 rings (SSSR count). The Morgan fingerprint density at radius 2 is 2.00 bits per heavy atom. The van der Waals surface area contributed by atoms with Crippen molar-refractivity contribution in [3.05, 3.63) is 59.7 Å². The summed E-state index contributed by atoms with van der Waals surface area (Å²) in [5.74, 6) is 0.680. The molecule has 2 aromatic rings. The number of nitrogens with zero attached hydrogens (tertiary/aromatic N) is 2. The highest BCUT2D eigenvalue weighted by atomic mass is 32.2. The van der Waals surface area contributed by atoms with Gasteiger partial charge in [-0.05, 0) is 41.8 Å². The zero-order valence-electron chi connectivity index (χ0n) is 16.8. The Labute approximate surface area is 171 Å². The van der Waals surface area contributed by atoms with Gasteiger partial charge in [0, 0.05) is 18.5 Å². The molecule has 2 aromatic carbocycles. The molecule has 1 unspecified atom stereocenters. The van der Waals surface area contributed by atoms with E-state index in [0.29, 0.717) is 18.5 Å². The van der Waals surface area contributed by atoms with Gasteiger partial charge < -0.3 is 4.74 Å². The lowest BCUT2D eigenvalue weighted by Crippen LogP contribution is -2.26. The Balaban J connectivity index is 1.95. The largest absolute Gasteiger partial charge is 0.497 e. The fourth-order valence-corrected chi connectivity index (χ4v) is 3.88. The number of nitrogens with one attached hydrogen (secondary N) is 1. The Bertz CT molecular complexity index is 1030. The normalized spacial score (nSPS) is 16.4. The van der Waals surface area contributed by atoms with Crippen LogP contribution < -0.4 is 9.46 Å². The van der Waals surface area contributed by atoms with Crippen molar-refractivity contribution >= 4 is 27.3 Å². The van der Waals surface area contributed by atoms with Gasteiger partial charge in [0.25, 0.3) is 0 Å². The van der Waals surface area contributed by atoms with Crippen LogP contribution in [0.15, 0.2) is 53.6 Å². The molecular formula is C21H25N3O4S. The number of anilines is 1. The topological polar surface area (TPSA) is 88.1 Å². The second-order valence-corrected chi connectivity index (χ2v) is 8.74. The number of sulfonamides is 1. The predicted octanol–water partition coefficient (Wildman–Crippen LogP) is 3.54. The molecule has 29 heavy (non-hydrogen) atoms. The lowest BCUT2D eigenvalue weighted by Gasteiger charge is -2.22. The molecule has 154 valence electrons. The maximum Gasteiger partial charge on any atom is 0.243 e. The number of ether oxygens (including phenoxy) is 1. The van der Waals surface area contributed by atoms with Crippen LogP contribution in [-0.4, -0.2) is 38.4 Å². The summed E-state index contributed by atoms with van der Waals surface area (Å²) in [6.45, 7) is 1.96. The number of benzene rings is 2. The fourth-order valence-electron chi connectivity index (χ4n) is 3.33. The zero-order valence-corrected chi connectivity index (χ0v) is 17.6. The van der Waals surface area contributed by atoms with Crippen molar-refractivity contribution in [2.45, 2.75) is 32.2 Å². The molecule has 0 spiro atoms. The first-order chi connectivity index (χ1) is 13.8. The molecule has 0 saturated carbocycles. The summed E-state index contributed by atoms with van der Waals surface area (Å²) in [7, 11) is -1.77. The maximum absolute atomic E-state index is 12.7. The summed E-state index contributed by atoms with van der Waals surface area (Å²) in [5, 5.41) is 6.16. The molecule has 0 bridgehead atoms. The van der Waals surface area contributed by atoms with Gasteiger partial charge in [-0.3, -0.25) is 9.52 Å². The van der Waals surface area contributed by atoms with Crippen LogP contribution in [0.3, 0.4) is 0 Å². The predicted molar refractivity (Wildman–Crippen MR) is 114 cm³/mol. The molecule has 0 aliphatic carbocycles. The number of amides is 1. The van der Waals surface area contributed by atoms with Crippen molar-refractivity contribution in [3.63, 3.8) is 0 Å². The van der Waals surface area contributed by atoms with Crippen LogP contribution in [0.25, 0.3) is 0 Å². The van der Waals surface area contributed by atoms with Crippen molar-refractivity contribution in [2.24, 2.45) is 5.10 Å². The van der Waals surface area contributed by atoms with Gasteiger partial charge in [-0.1, -0.05) is 31.2 Å². The average molecular weight is 416 g/mol. The molecule has 8 heteroatoms. The van der Waals surface area contributed by atoms with Gasteiger partial charge in [-0.15, -0.1) is 0 Å². The SMILES string of the molecule is CCCC(=O)N1N=C(c2cccc(NS(C)(=O)=O)c2)CC1c1cccc(OC)c1. The average Bonchev–Trinajstić information content (AvgIpc) is 3.13. The van der Waals surface area contributed by atoms with E-state index in [1.165, 1.54) is 0 Å². The van der Waals surface area contributed by atoms with Gasteiger partial charge in [0.1, 0.15) is 5.75 Å². The molecule has 1 atom stereocenters. The highest BCUT2D eigenvalue weighted by Gasteiger charge is 2.32. The lowest BCUT2D eigenvalue weighted by molar-refractivity contribution is -0.133. The minimum Gasteiger partial charge on any atom is -0.497 e. The minimum absolute atomic E-state index is 0.0410. The third-order valence-electron chi connectivity index (χ3n) is 4.61. The van der Waals surface area contributed by atoms with Crippen molar-refractivity contribution < 1.29 is 17.9 Å². The summed E-state index contributed by atoms with van der Waals surface area (Å²) in [6, 6.07) is 14.4. The van der Waals surface area contributed by atoms with Crippen LogP contribution >= 0.6 is 0 Å². The number of hydrogen-bond acceptors (Lipinski definition) is 5. The smallest absolute Gasteiger partial charge is 0.243 e. The Hall–Kier alpha value is -2.87. The van der Waals surface area contributed by atoms with Crippen LogP contribution in [0.2, 0.25) is 0 Å². The standard InChI is InChI=1S/C21H25N3O4S/c1-4-7-21(25)24-20(16-9-6-11-18(13-16)28-2)14-19(22-24)15-8-5-10-17(12-15)23-29(3,26)27/h5-6,8-13,20,23H,4,7,14H2,1-3H3. The van der Waals surface area contributed by atoms with Crippen LogP contribution in [0, 0.1) is 0 Å². The van der Waals surface area contributed by atoms with E-state index in [4.69, 9.17) is 4.74 Å². The number of carbonyl (C=O) groups is 1. The van der Waals surface area contributed by atoms with Crippen LogP contribution in [0.4, 0.5) is 5.69 Å². The molecular weight excluding hydrogens is 390 g/mol. The molecule has 1 amide bonds. The summed E-state index contributed by atoms with van der Waals surface area (Å²) in [6.07, 6.45) is 2.79. The monoisotopic (exact) mass is 415 g/mol. The first-order valence-corrected chi connectivity index (χ1v) is 11.3. The van der Waals surface area contributed by atoms with Gasteiger partial charge in [-0.25, -0.2) is 13.4 Å². The summed E-state index contributed by atoms with van der Waals surface area (Å²) in [4.78, 5) is 12.7. The number of hydrogen-bond donors (Lipinski definition) is 1. The van der Waals surface area contributed by atoms with E-state index in [0.717, 1.165) is 35.3 Å². The van der Waals surface area contributed by atoms with Gasteiger partial charge in [0.05, 0.1) is 25.1 Å². The summed E-state index contributed by atoms with van der Waals surface area (Å²) in [5.41, 5.74) is 2.92. The van der Waals surface area contributed by atoms with Crippen LogP contribution in [-0.2, 0) is 14.8 Å². The van der Waals surface area contributed by atoms with E-state index in [-0.39, 0.29) is 11.9 Å². The van der Waals surface area contributed by atoms with E-state index in [1.807, 2.05) is 37.3 Å². The number of rotatable bonds is 7. The van der Waals surface area contributed by atoms with Crippen LogP contribution in [0.5, 0.6) is 5.75 Å². The highest BCUT2D eigenvalue weighted by molar-refractivity contribution is 7.92. The van der Waals surface area contributed by atoms with Gasteiger partial charge in [-0.2, -0.15) is 5.10 Å². The molecule has 1 N–H and O–H groups in total. The van der Waals surface area contributed by atoms with E-state index in [1.54, 1.807) is 30.3 Å². The van der Waals surface area contributed by atoms with Crippen LogP contribution in [0.1, 0.15) is 43.4 Å². The molecule has 0 aromatic heterocycles. The van der Waals surface area contributed by atoms with Gasteiger partial charge >= 0.3 is 0 Å². The second kappa shape index (κ2) is 8.65. The van der Waals surface area contributed by atoms with E-state index in [2.05, 4.69) is 9.82 Å². The maximum atomic E-state index is 12.7. The van der Waals surface area contributed by atoms with Gasteiger partial charge in [0.15, 0.2) is 0 Å². The first kappa shape index (κ1) is 20.9. The fraction of sp³-hybridized carbons (Fsp3) is 0.333. The molecule has 1 aliphatic heterocycles. The Morgan fingerprint density at radius 1 is 1.24 bits per heavy atom. The minimum atomic E-state index is -3.38. The molecule has 0 radical (unpaired) electrons. The Morgan fingerprint density at radius 3 is 2.69 bits per heavy atom. The van der Waals surface area contributed by atoms with E-state index >= 15 is 0 Å². The molecule has 1 aliphatic rings. The third-order valence-corrected chi connectivity index (χ3v) is 5.21. The number of carbonyl (C=O) groups excluding carboxylic acids is 1. The quantitative estimate of drug-likeness (QED) is 0.749. The van der Waals surface area contributed by atoms with Crippen molar-refractivity contribution in [1.82, 2.24) is 5.01 Å². The summed E-state index contributed by atoms with van der Waals surface area (Å²) < 4.78 is 30.9. The van der Waals surface area contributed by atoms with Crippen molar-refractivity contribution in [3.8, 4) is 5.75 Å². The molecule has 7 nitrogen and oxygen atoms in total. The molecule has 1 heterocycles. The first-order valence-electron chi connectivity index (χ1n) is 9.42. The molecule has 0 fully saturated rings. The highest BCUT2D eigenvalue weighted by Crippen LogP contribution is 2.35. The molecule has 0 saturated heterocycles. The number of hydrazone groups is 1. The second-order valence-electron chi connectivity index (χ2n) is 6.99. The number of methoxy groups -OCH3 is 1. The Kier molecular flexibility index (Phi) is 6.22. The zero-order chi connectivity index (χ0) is 21.0. The summed E-state index contributed by atoms with van der Waals surface area (Å²) >= 11 is 0. The third kappa shape index (κ3) is 5.14. The van der Waals surface area contributed by atoms with Gasteiger partial charge in [0.2, 0.25) is 15.9 Å². The van der Waals surface area contributed by atoms with Crippen molar-refractivity contribution in [1.29, 1.82) is 0 Å².